The first kappa shape index (κ1) is 19.7. The monoisotopic (exact) mass is 389 g/mol. The molecule has 0 saturated carbocycles. The molecule has 1 atom stereocenters. The highest BCUT2D eigenvalue weighted by Gasteiger charge is 2.23. The molecule has 1 unspecified atom stereocenters. The Kier molecular flexibility index (Phi) is 7.56. The number of halogens is 1. The summed E-state index contributed by atoms with van der Waals surface area (Å²) in [5.74, 6) is 0.808. The molecule has 7 heteroatoms. The fourth-order valence-corrected chi connectivity index (χ4v) is 3.50. The summed E-state index contributed by atoms with van der Waals surface area (Å²) in [5.41, 5.74) is 1.21. The van der Waals surface area contributed by atoms with Crippen molar-refractivity contribution in [3.63, 3.8) is 0 Å². The highest BCUT2D eigenvalue weighted by molar-refractivity contribution is 6.30. The molecule has 1 aliphatic rings. The molecule has 146 valence electrons. The second-order valence-electron chi connectivity index (χ2n) is 6.52. The van der Waals surface area contributed by atoms with Gasteiger partial charge in [-0.25, -0.2) is 0 Å². The van der Waals surface area contributed by atoms with Crippen LogP contribution in [0.2, 0.25) is 5.02 Å². The molecular weight excluding hydrogens is 362 g/mol. The summed E-state index contributed by atoms with van der Waals surface area (Å²) in [6.07, 6.45) is 4.12. The number of morpholine rings is 1. The highest BCUT2D eigenvalue weighted by atomic mass is 35.5. The molecular formula is C20H28ClN5O. The van der Waals surface area contributed by atoms with Gasteiger partial charge in [0.15, 0.2) is 5.96 Å². The van der Waals surface area contributed by atoms with E-state index in [4.69, 9.17) is 16.3 Å². The number of nitrogens with zero attached hydrogens (tertiary/aromatic N) is 3. The quantitative estimate of drug-likeness (QED) is 0.564. The lowest BCUT2D eigenvalue weighted by molar-refractivity contribution is 0.0170. The van der Waals surface area contributed by atoms with Gasteiger partial charge in [-0.1, -0.05) is 23.7 Å². The summed E-state index contributed by atoms with van der Waals surface area (Å²) in [7, 11) is 1.80. The summed E-state index contributed by atoms with van der Waals surface area (Å²) in [5, 5.41) is 7.61. The zero-order chi connectivity index (χ0) is 18.9. The molecule has 0 aliphatic carbocycles. The van der Waals surface area contributed by atoms with Gasteiger partial charge in [-0.05, 0) is 29.8 Å². The van der Waals surface area contributed by atoms with Crippen LogP contribution in [0.15, 0.2) is 53.8 Å². The van der Waals surface area contributed by atoms with Crippen LogP contribution in [0, 0.1) is 0 Å². The number of nitrogens with one attached hydrogen (secondary N) is 2. The average Bonchev–Trinajstić information content (AvgIpc) is 3.21. The van der Waals surface area contributed by atoms with Gasteiger partial charge in [-0.2, -0.15) is 0 Å². The molecule has 0 bridgehead atoms. The predicted molar refractivity (Wildman–Crippen MR) is 110 cm³/mol. The first-order valence-corrected chi connectivity index (χ1v) is 9.76. The maximum atomic E-state index is 6.23. The van der Waals surface area contributed by atoms with Gasteiger partial charge in [0.2, 0.25) is 0 Å². The van der Waals surface area contributed by atoms with Crippen molar-refractivity contribution in [2.75, 3.05) is 46.4 Å². The van der Waals surface area contributed by atoms with Crippen LogP contribution in [0.1, 0.15) is 11.6 Å². The Balaban J connectivity index is 1.58. The van der Waals surface area contributed by atoms with Gasteiger partial charge < -0.3 is 19.9 Å². The third-order valence-corrected chi connectivity index (χ3v) is 4.97. The second-order valence-corrected chi connectivity index (χ2v) is 6.96. The zero-order valence-corrected chi connectivity index (χ0v) is 16.5. The van der Waals surface area contributed by atoms with Crippen LogP contribution in [0.4, 0.5) is 0 Å². The summed E-state index contributed by atoms with van der Waals surface area (Å²) < 4.78 is 7.66. The largest absolute Gasteiger partial charge is 0.379 e. The van der Waals surface area contributed by atoms with Gasteiger partial charge in [-0.15, -0.1) is 0 Å². The molecule has 2 aromatic rings. The smallest absolute Gasteiger partial charge is 0.191 e. The van der Waals surface area contributed by atoms with Crippen LogP contribution >= 0.6 is 11.6 Å². The van der Waals surface area contributed by atoms with Crippen molar-refractivity contribution in [2.24, 2.45) is 4.99 Å². The number of ether oxygens (including phenoxy) is 1. The molecule has 0 radical (unpaired) electrons. The fourth-order valence-electron chi connectivity index (χ4n) is 3.30. The molecule has 2 N–H and O–H groups in total. The first-order valence-electron chi connectivity index (χ1n) is 9.39. The van der Waals surface area contributed by atoms with Gasteiger partial charge in [0, 0.05) is 57.2 Å². The molecule has 1 aromatic carbocycles. The predicted octanol–water partition coefficient (Wildman–Crippen LogP) is 2.38. The third kappa shape index (κ3) is 5.99. The lowest BCUT2D eigenvalue weighted by Gasteiger charge is -2.35. The molecule has 6 nitrogen and oxygen atoms in total. The van der Waals surface area contributed by atoms with E-state index in [1.807, 2.05) is 30.3 Å². The normalized spacial score (nSPS) is 16.9. The van der Waals surface area contributed by atoms with Crippen LogP contribution in [-0.2, 0) is 11.3 Å². The molecule has 27 heavy (non-hydrogen) atoms. The van der Waals surface area contributed by atoms with Crippen molar-refractivity contribution >= 4 is 17.6 Å². The number of hydrogen-bond acceptors (Lipinski definition) is 3. The van der Waals surface area contributed by atoms with Crippen LogP contribution in [0.5, 0.6) is 0 Å². The molecule has 1 fully saturated rings. The maximum absolute atomic E-state index is 6.23. The van der Waals surface area contributed by atoms with Crippen molar-refractivity contribution in [1.82, 2.24) is 20.1 Å². The van der Waals surface area contributed by atoms with Crippen LogP contribution in [0.25, 0.3) is 0 Å². The Labute approximate surface area is 166 Å². The molecule has 1 saturated heterocycles. The SMILES string of the molecule is CN=C(NCCn1cccc1)NCC(c1cccc(Cl)c1)N1CCOCC1. The zero-order valence-electron chi connectivity index (χ0n) is 15.8. The second kappa shape index (κ2) is 10.3. The van der Waals surface area contributed by atoms with E-state index in [1.54, 1.807) is 7.05 Å². The van der Waals surface area contributed by atoms with E-state index in [-0.39, 0.29) is 6.04 Å². The average molecular weight is 390 g/mol. The van der Waals surface area contributed by atoms with Crippen molar-refractivity contribution in [3.8, 4) is 0 Å². The van der Waals surface area contributed by atoms with E-state index in [0.717, 1.165) is 56.9 Å². The van der Waals surface area contributed by atoms with E-state index >= 15 is 0 Å². The minimum atomic E-state index is 0.218. The molecule has 1 aromatic heterocycles. The summed E-state index contributed by atoms with van der Waals surface area (Å²) in [6, 6.07) is 12.4. The van der Waals surface area contributed by atoms with E-state index in [2.05, 4.69) is 43.6 Å². The first-order chi connectivity index (χ1) is 13.3. The number of guanidine groups is 1. The van der Waals surface area contributed by atoms with Crippen LogP contribution in [-0.4, -0.2) is 61.9 Å². The number of hydrogen-bond donors (Lipinski definition) is 2. The van der Waals surface area contributed by atoms with Crippen LogP contribution in [0.3, 0.4) is 0 Å². The molecule has 2 heterocycles. The van der Waals surface area contributed by atoms with Gasteiger partial charge in [0.1, 0.15) is 0 Å². The lowest BCUT2D eigenvalue weighted by Crippen LogP contribution is -2.46. The standard InChI is InChI=1S/C20H28ClN5O/c1-22-20(23-7-10-25-8-2-3-9-25)24-16-19(26-11-13-27-14-12-26)17-5-4-6-18(21)15-17/h2-6,8-9,15,19H,7,10-14,16H2,1H3,(H2,22,23,24). The highest BCUT2D eigenvalue weighted by Crippen LogP contribution is 2.23. The summed E-state index contributed by atoms with van der Waals surface area (Å²) in [6.45, 7) is 5.82. The number of benzene rings is 1. The van der Waals surface area contributed by atoms with E-state index in [0.29, 0.717) is 0 Å². The van der Waals surface area contributed by atoms with Crippen molar-refractivity contribution in [3.05, 3.63) is 59.4 Å². The van der Waals surface area contributed by atoms with Gasteiger partial charge in [0.25, 0.3) is 0 Å². The number of aromatic nitrogens is 1. The van der Waals surface area contributed by atoms with E-state index < -0.39 is 0 Å². The van der Waals surface area contributed by atoms with Gasteiger partial charge in [-0.3, -0.25) is 9.89 Å². The van der Waals surface area contributed by atoms with Crippen molar-refractivity contribution < 1.29 is 4.74 Å². The van der Waals surface area contributed by atoms with Gasteiger partial charge in [0.05, 0.1) is 19.3 Å². The minimum Gasteiger partial charge on any atom is -0.379 e. The fraction of sp³-hybridized carbons (Fsp3) is 0.450. The lowest BCUT2D eigenvalue weighted by atomic mass is 10.0. The summed E-state index contributed by atoms with van der Waals surface area (Å²) in [4.78, 5) is 6.79. The maximum Gasteiger partial charge on any atom is 0.191 e. The van der Waals surface area contributed by atoms with Crippen molar-refractivity contribution in [2.45, 2.75) is 12.6 Å². The van der Waals surface area contributed by atoms with Gasteiger partial charge >= 0.3 is 0 Å². The topological polar surface area (TPSA) is 53.8 Å². The number of aliphatic imine (C=N–C) groups is 1. The summed E-state index contributed by atoms with van der Waals surface area (Å²) >= 11 is 6.23. The Morgan fingerprint density at radius 1 is 1.19 bits per heavy atom. The van der Waals surface area contributed by atoms with E-state index in [9.17, 15) is 0 Å². The van der Waals surface area contributed by atoms with E-state index in [1.165, 1.54) is 5.56 Å². The number of rotatable bonds is 7. The molecule has 1 aliphatic heterocycles. The molecule has 0 amide bonds. The Morgan fingerprint density at radius 3 is 2.67 bits per heavy atom. The molecule has 3 rings (SSSR count). The van der Waals surface area contributed by atoms with Crippen LogP contribution < -0.4 is 10.6 Å². The Morgan fingerprint density at radius 2 is 1.96 bits per heavy atom. The minimum absolute atomic E-state index is 0.218. The molecule has 0 spiro atoms. The Hall–Kier alpha value is -2.02. The van der Waals surface area contributed by atoms with Crippen molar-refractivity contribution in [1.29, 1.82) is 0 Å². The Bertz CT molecular complexity index is 713. The third-order valence-electron chi connectivity index (χ3n) is 4.74.